The van der Waals surface area contributed by atoms with E-state index in [4.69, 9.17) is 4.52 Å². The van der Waals surface area contributed by atoms with Gasteiger partial charge in [-0.2, -0.15) is 4.98 Å². The summed E-state index contributed by atoms with van der Waals surface area (Å²) in [7, 11) is 0. The van der Waals surface area contributed by atoms with Crippen LogP contribution >= 0.6 is 0 Å². The molecule has 0 bridgehead atoms. The SMILES string of the molecule is CCNC(=NCCCN(C(C)C)C(C)C)NCCc1nc(C(C)C)no1. The molecule has 0 radical (unpaired) electrons. The summed E-state index contributed by atoms with van der Waals surface area (Å²) in [6.07, 6.45) is 1.74. The van der Waals surface area contributed by atoms with Crippen LogP contribution in [0.25, 0.3) is 0 Å². The minimum Gasteiger partial charge on any atom is -0.357 e. The molecule has 0 saturated heterocycles. The van der Waals surface area contributed by atoms with Crippen molar-refractivity contribution in [2.75, 3.05) is 26.2 Å². The maximum atomic E-state index is 5.27. The van der Waals surface area contributed by atoms with Gasteiger partial charge in [-0.25, -0.2) is 0 Å². The standard InChI is InChI=1S/C19H38N6O/c1-8-20-19(21-11-9-13-25(15(4)5)16(6)7)22-12-10-17-23-18(14(2)3)24-26-17/h14-16H,8-13H2,1-7H3,(H2,20,21,22). The Hall–Kier alpha value is -1.63. The minimum atomic E-state index is 0.288. The average Bonchev–Trinajstić information content (AvgIpc) is 3.03. The van der Waals surface area contributed by atoms with Crippen molar-refractivity contribution in [2.24, 2.45) is 4.99 Å². The van der Waals surface area contributed by atoms with Crippen molar-refractivity contribution in [2.45, 2.75) is 79.3 Å². The van der Waals surface area contributed by atoms with Crippen LogP contribution in [-0.2, 0) is 6.42 Å². The normalized spacial score (nSPS) is 12.7. The van der Waals surface area contributed by atoms with Crippen molar-refractivity contribution in [3.05, 3.63) is 11.7 Å². The van der Waals surface area contributed by atoms with Gasteiger partial charge in [0.15, 0.2) is 11.8 Å². The summed E-state index contributed by atoms with van der Waals surface area (Å²) in [5, 5.41) is 10.6. The van der Waals surface area contributed by atoms with E-state index in [-0.39, 0.29) is 5.92 Å². The number of nitrogens with zero attached hydrogens (tertiary/aromatic N) is 4. The summed E-state index contributed by atoms with van der Waals surface area (Å²) in [6, 6.07) is 1.13. The molecule has 0 aliphatic heterocycles. The topological polar surface area (TPSA) is 78.6 Å². The molecule has 0 aliphatic carbocycles. The Morgan fingerprint density at radius 1 is 1.12 bits per heavy atom. The molecule has 0 aromatic carbocycles. The van der Waals surface area contributed by atoms with Gasteiger partial charge < -0.3 is 15.2 Å². The van der Waals surface area contributed by atoms with Gasteiger partial charge in [-0.15, -0.1) is 0 Å². The first-order chi connectivity index (χ1) is 12.3. The number of aromatic nitrogens is 2. The van der Waals surface area contributed by atoms with Crippen LogP contribution in [0.3, 0.4) is 0 Å². The molecule has 150 valence electrons. The summed E-state index contributed by atoms with van der Waals surface area (Å²) in [5.41, 5.74) is 0. The van der Waals surface area contributed by atoms with Crippen molar-refractivity contribution >= 4 is 5.96 Å². The quantitative estimate of drug-likeness (QED) is 0.356. The van der Waals surface area contributed by atoms with Crippen LogP contribution in [0.1, 0.15) is 72.5 Å². The molecule has 1 heterocycles. The lowest BCUT2D eigenvalue weighted by Crippen LogP contribution is -2.39. The minimum absolute atomic E-state index is 0.288. The number of hydrogen-bond acceptors (Lipinski definition) is 5. The second kappa shape index (κ2) is 11.9. The van der Waals surface area contributed by atoms with E-state index in [0.29, 0.717) is 24.4 Å². The molecular formula is C19H38N6O. The van der Waals surface area contributed by atoms with E-state index in [0.717, 1.165) is 44.4 Å². The van der Waals surface area contributed by atoms with Gasteiger partial charge in [0.1, 0.15) is 0 Å². The summed E-state index contributed by atoms with van der Waals surface area (Å²) in [5.74, 6) is 2.56. The highest BCUT2D eigenvalue weighted by molar-refractivity contribution is 5.79. The molecule has 0 aliphatic rings. The molecule has 2 N–H and O–H groups in total. The number of nitrogens with one attached hydrogen (secondary N) is 2. The third-order valence-electron chi connectivity index (χ3n) is 4.15. The number of rotatable bonds is 11. The van der Waals surface area contributed by atoms with Gasteiger partial charge in [0.05, 0.1) is 0 Å². The summed E-state index contributed by atoms with van der Waals surface area (Å²) in [4.78, 5) is 11.6. The first-order valence-electron chi connectivity index (χ1n) is 9.95. The van der Waals surface area contributed by atoms with Crippen LogP contribution in [0.5, 0.6) is 0 Å². The smallest absolute Gasteiger partial charge is 0.228 e. The fraction of sp³-hybridized carbons (Fsp3) is 0.842. The maximum absolute atomic E-state index is 5.27. The molecule has 1 aromatic heterocycles. The Morgan fingerprint density at radius 2 is 1.81 bits per heavy atom. The lowest BCUT2D eigenvalue weighted by Gasteiger charge is -2.30. The largest absolute Gasteiger partial charge is 0.357 e. The Labute approximate surface area is 159 Å². The Kier molecular flexibility index (Phi) is 10.2. The molecule has 0 saturated carbocycles. The molecule has 7 nitrogen and oxygen atoms in total. The number of guanidine groups is 1. The van der Waals surface area contributed by atoms with Crippen LogP contribution in [0, 0.1) is 0 Å². The molecule has 0 atom stereocenters. The van der Waals surface area contributed by atoms with E-state index in [1.807, 2.05) is 0 Å². The fourth-order valence-electron chi connectivity index (χ4n) is 2.79. The first kappa shape index (κ1) is 22.4. The third kappa shape index (κ3) is 8.17. The maximum Gasteiger partial charge on any atom is 0.228 e. The second-order valence-electron chi connectivity index (χ2n) is 7.42. The van der Waals surface area contributed by atoms with Crippen molar-refractivity contribution in [1.82, 2.24) is 25.7 Å². The number of hydrogen-bond donors (Lipinski definition) is 2. The van der Waals surface area contributed by atoms with Crippen molar-refractivity contribution < 1.29 is 4.52 Å². The predicted molar refractivity (Wildman–Crippen MR) is 108 cm³/mol. The molecular weight excluding hydrogens is 328 g/mol. The molecule has 1 aromatic rings. The van der Waals surface area contributed by atoms with E-state index in [1.54, 1.807) is 0 Å². The van der Waals surface area contributed by atoms with Crippen molar-refractivity contribution in [3.8, 4) is 0 Å². The van der Waals surface area contributed by atoms with Crippen LogP contribution in [0.4, 0.5) is 0 Å². The van der Waals surface area contributed by atoms with Gasteiger partial charge in [0.25, 0.3) is 0 Å². The highest BCUT2D eigenvalue weighted by Gasteiger charge is 2.12. The molecule has 0 unspecified atom stereocenters. The first-order valence-corrected chi connectivity index (χ1v) is 9.95. The molecule has 1 rings (SSSR count). The molecule has 0 spiro atoms. The van der Waals surface area contributed by atoms with Crippen LogP contribution in [0.15, 0.2) is 9.52 Å². The average molecular weight is 367 g/mol. The highest BCUT2D eigenvalue weighted by Crippen LogP contribution is 2.09. The third-order valence-corrected chi connectivity index (χ3v) is 4.15. The van der Waals surface area contributed by atoms with E-state index in [9.17, 15) is 0 Å². The molecule has 0 amide bonds. The Balaban J connectivity index is 2.40. The zero-order chi connectivity index (χ0) is 19.5. The van der Waals surface area contributed by atoms with Gasteiger partial charge in [-0.3, -0.25) is 9.89 Å². The van der Waals surface area contributed by atoms with Crippen LogP contribution in [-0.4, -0.2) is 59.3 Å². The van der Waals surface area contributed by atoms with Gasteiger partial charge in [0.2, 0.25) is 5.89 Å². The van der Waals surface area contributed by atoms with Crippen molar-refractivity contribution in [3.63, 3.8) is 0 Å². The zero-order valence-corrected chi connectivity index (χ0v) is 17.7. The van der Waals surface area contributed by atoms with Gasteiger partial charge in [-0.1, -0.05) is 19.0 Å². The molecule has 26 heavy (non-hydrogen) atoms. The Morgan fingerprint density at radius 3 is 2.35 bits per heavy atom. The Bertz CT molecular complexity index is 516. The van der Waals surface area contributed by atoms with E-state index in [1.165, 1.54) is 0 Å². The molecule has 0 fully saturated rings. The zero-order valence-electron chi connectivity index (χ0n) is 17.7. The van der Waals surface area contributed by atoms with Crippen LogP contribution < -0.4 is 10.6 Å². The fourth-order valence-corrected chi connectivity index (χ4v) is 2.79. The van der Waals surface area contributed by atoms with Gasteiger partial charge >= 0.3 is 0 Å². The monoisotopic (exact) mass is 366 g/mol. The van der Waals surface area contributed by atoms with Crippen molar-refractivity contribution in [1.29, 1.82) is 0 Å². The second-order valence-corrected chi connectivity index (χ2v) is 7.42. The summed E-state index contributed by atoms with van der Waals surface area (Å²) < 4.78 is 5.27. The van der Waals surface area contributed by atoms with Gasteiger partial charge in [-0.05, 0) is 41.0 Å². The predicted octanol–water partition coefficient (Wildman–Crippen LogP) is 2.80. The van der Waals surface area contributed by atoms with E-state index < -0.39 is 0 Å². The summed E-state index contributed by atoms with van der Waals surface area (Å²) in [6.45, 7) is 18.6. The van der Waals surface area contributed by atoms with E-state index >= 15 is 0 Å². The molecule has 7 heteroatoms. The lowest BCUT2D eigenvalue weighted by atomic mass is 10.2. The van der Waals surface area contributed by atoms with Crippen LogP contribution in [0.2, 0.25) is 0 Å². The highest BCUT2D eigenvalue weighted by atomic mass is 16.5. The lowest BCUT2D eigenvalue weighted by molar-refractivity contribution is 0.174. The van der Waals surface area contributed by atoms with E-state index in [2.05, 4.69) is 79.1 Å². The number of aliphatic imine (C=N–C) groups is 1. The summed E-state index contributed by atoms with van der Waals surface area (Å²) >= 11 is 0. The van der Waals surface area contributed by atoms with Gasteiger partial charge in [0, 0.05) is 50.6 Å².